The molecule has 154 valence electrons. The Bertz CT molecular complexity index is 864. The molecule has 2 atom stereocenters. The first kappa shape index (κ1) is 19.7. The van der Waals surface area contributed by atoms with Crippen molar-refractivity contribution in [1.29, 1.82) is 0 Å². The number of amides is 1. The number of benzene rings is 1. The molecule has 2 aromatic rings. The van der Waals surface area contributed by atoms with Gasteiger partial charge in [-0.3, -0.25) is 9.59 Å². The number of nitrogens with zero attached hydrogens (tertiary/aromatic N) is 1. The number of piperidine rings is 1. The molecule has 4 rings (SSSR count). The van der Waals surface area contributed by atoms with Gasteiger partial charge in [0.2, 0.25) is 0 Å². The van der Waals surface area contributed by atoms with Gasteiger partial charge in [-0.25, -0.2) is 0 Å². The average Bonchev–Trinajstić information content (AvgIpc) is 3.43. The number of hydrogen-bond donors (Lipinski definition) is 1. The predicted molar refractivity (Wildman–Crippen MR) is 108 cm³/mol. The lowest BCUT2D eigenvalue weighted by Crippen LogP contribution is -2.43. The van der Waals surface area contributed by atoms with Crippen LogP contribution >= 0.6 is 0 Å². The third-order valence-corrected chi connectivity index (χ3v) is 6.21. The molecule has 1 aromatic carbocycles. The van der Waals surface area contributed by atoms with E-state index in [2.05, 4.69) is 19.1 Å². The summed E-state index contributed by atoms with van der Waals surface area (Å²) in [6, 6.07) is 11.7. The quantitative estimate of drug-likeness (QED) is 0.829. The highest BCUT2D eigenvalue weighted by atomic mass is 16.5. The molecule has 1 unspecified atom stereocenters. The Kier molecular flexibility index (Phi) is 5.72. The third-order valence-electron chi connectivity index (χ3n) is 6.21. The number of furan rings is 1. The molecule has 2 aliphatic rings. The zero-order chi connectivity index (χ0) is 20.4. The fourth-order valence-electron chi connectivity index (χ4n) is 4.44. The summed E-state index contributed by atoms with van der Waals surface area (Å²) < 4.78 is 11.6. The Morgan fingerprint density at radius 3 is 2.45 bits per heavy atom. The van der Waals surface area contributed by atoms with Crippen molar-refractivity contribution < 1.29 is 23.8 Å². The second-order valence-electron chi connectivity index (χ2n) is 7.91. The van der Waals surface area contributed by atoms with Gasteiger partial charge in [0, 0.05) is 25.3 Å². The number of ether oxygens (including phenoxy) is 1. The van der Waals surface area contributed by atoms with Crippen molar-refractivity contribution in [3.05, 3.63) is 47.7 Å². The number of carboxylic acids is 1. The van der Waals surface area contributed by atoms with Crippen LogP contribution in [0.25, 0.3) is 11.3 Å². The van der Waals surface area contributed by atoms with Crippen molar-refractivity contribution in [2.75, 3.05) is 19.7 Å². The maximum atomic E-state index is 12.9. The van der Waals surface area contributed by atoms with Crippen LogP contribution in [-0.2, 0) is 16.0 Å². The first-order valence-electron chi connectivity index (χ1n) is 10.4. The lowest BCUT2D eigenvalue weighted by atomic mass is 9.84. The Balaban J connectivity index is 1.37. The molecule has 3 heterocycles. The van der Waals surface area contributed by atoms with E-state index in [0.29, 0.717) is 37.6 Å². The molecule has 6 nitrogen and oxygen atoms in total. The minimum atomic E-state index is -0.777. The molecule has 1 amide bonds. The summed E-state index contributed by atoms with van der Waals surface area (Å²) in [6.45, 7) is 3.81. The van der Waals surface area contributed by atoms with E-state index in [1.54, 1.807) is 11.0 Å². The number of carbonyl (C=O) groups is 2. The molecule has 1 N–H and O–H groups in total. The molecule has 0 radical (unpaired) electrons. The van der Waals surface area contributed by atoms with E-state index < -0.39 is 11.9 Å². The van der Waals surface area contributed by atoms with Crippen molar-refractivity contribution in [1.82, 2.24) is 4.90 Å². The van der Waals surface area contributed by atoms with Gasteiger partial charge in [-0.1, -0.05) is 31.2 Å². The van der Waals surface area contributed by atoms with Gasteiger partial charge in [-0.05, 0) is 49.3 Å². The highest BCUT2D eigenvalue weighted by Gasteiger charge is 2.41. The van der Waals surface area contributed by atoms with Crippen LogP contribution in [0, 0.1) is 11.8 Å². The van der Waals surface area contributed by atoms with Crippen LogP contribution in [0.2, 0.25) is 0 Å². The summed E-state index contributed by atoms with van der Waals surface area (Å²) in [4.78, 5) is 26.1. The zero-order valence-corrected chi connectivity index (χ0v) is 16.7. The maximum absolute atomic E-state index is 12.9. The largest absolute Gasteiger partial charge is 0.481 e. The number of carboxylic acid groups (broad SMARTS) is 1. The highest BCUT2D eigenvalue weighted by molar-refractivity contribution is 5.92. The molecular formula is C23H27NO5. The molecule has 1 aromatic heterocycles. The van der Waals surface area contributed by atoms with Crippen LogP contribution in [0.3, 0.4) is 0 Å². The van der Waals surface area contributed by atoms with Crippen molar-refractivity contribution >= 4 is 11.9 Å². The van der Waals surface area contributed by atoms with Crippen molar-refractivity contribution in [2.45, 2.75) is 38.7 Å². The maximum Gasteiger partial charge on any atom is 0.309 e. The molecule has 0 aliphatic carbocycles. The normalized spacial score (nSPS) is 22.7. The second kappa shape index (κ2) is 8.41. The molecule has 29 heavy (non-hydrogen) atoms. The zero-order valence-electron chi connectivity index (χ0n) is 16.7. The molecule has 2 fully saturated rings. The second-order valence-corrected chi connectivity index (χ2v) is 7.91. The van der Waals surface area contributed by atoms with Gasteiger partial charge in [0.05, 0.1) is 12.0 Å². The van der Waals surface area contributed by atoms with Crippen LogP contribution in [0.15, 0.2) is 40.8 Å². The van der Waals surface area contributed by atoms with Crippen LogP contribution in [0.1, 0.15) is 42.3 Å². The summed E-state index contributed by atoms with van der Waals surface area (Å²) in [5.41, 5.74) is 2.22. The average molecular weight is 397 g/mol. The summed E-state index contributed by atoms with van der Waals surface area (Å²) in [7, 11) is 0. The van der Waals surface area contributed by atoms with Crippen LogP contribution in [0.4, 0.5) is 0 Å². The van der Waals surface area contributed by atoms with Crippen LogP contribution in [-0.4, -0.2) is 47.7 Å². The third kappa shape index (κ3) is 4.08. The topological polar surface area (TPSA) is 80.0 Å². The number of rotatable bonds is 5. The SMILES string of the molecule is CCc1ccc(-c2ccc(C(=O)N3CCC([C@@H]4OCCC4C(=O)O)CC3)o2)cc1. The predicted octanol–water partition coefficient (Wildman–Crippen LogP) is 3.85. The summed E-state index contributed by atoms with van der Waals surface area (Å²) in [5, 5.41) is 9.37. The Morgan fingerprint density at radius 1 is 1.07 bits per heavy atom. The van der Waals surface area contributed by atoms with Crippen molar-refractivity contribution in [3.63, 3.8) is 0 Å². The number of hydrogen-bond acceptors (Lipinski definition) is 4. The number of aliphatic carboxylic acids is 1. The van der Waals surface area contributed by atoms with E-state index in [4.69, 9.17) is 9.15 Å². The van der Waals surface area contributed by atoms with E-state index in [9.17, 15) is 14.7 Å². The number of carbonyl (C=O) groups excluding carboxylic acids is 1. The Labute approximate surface area is 170 Å². The monoisotopic (exact) mass is 397 g/mol. The van der Waals surface area contributed by atoms with Gasteiger partial charge < -0.3 is 19.2 Å². The fourth-order valence-corrected chi connectivity index (χ4v) is 4.44. The summed E-state index contributed by atoms with van der Waals surface area (Å²) >= 11 is 0. The van der Waals surface area contributed by atoms with E-state index in [0.717, 1.165) is 24.8 Å². The fraction of sp³-hybridized carbons (Fsp3) is 0.478. The lowest BCUT2D eigenvalue weighted by Gasteiger charge is -2.35. The Hall–Kier alpha value is -2.60. The van der Waals surface area contributed by atoms with Gasteiger partial charge in [-0.2, -0.15) is 0 Å². The van der Waals surface area contributed by atoms with Gasteiger partial charge in [0.1, 0.15) is 5.76 Å². The summed E-state index contributed by atoms with van der Waals surface area (Å²) in [6.07, 6.45) is 2.84. The number of aryl methyl sites for hydroxylation is 1. The molecule has 6 heteroatoms. The molecule has 0 saturated carbocycles. The minimum Gasteiger partial charge on any atom is -0.481 e. The van der Waals surface area contributed by atoms with Crippen LogP contribution in [0.5, 0.6) is 0 Å². The summed E-state index contributed by atoms with van der Waals surface area (Å²) in [5.74, 6) is -0.0861. The molecule has 0 bridgehead atoms. The van der Waals surface area contributed by atoms with Gasteiger partial charge >= 0.3 is 5.97 Å². The lowest BCUT2D eigenvalue weighted by molar-refractivity contribution is -0.145. The molecule has 2 saturated heterocycles. The van der Waals surface area contributed by atoms with Gasteiger partial charge in [-0.15, -0.1) is 0 Å². The molecule has 2 aliphatic heterocycles. The standard InChI is InChI=1S/C23H27NO5/c1-2-15-3-5-16(6-4-15)19-7-8-20(29-19)22(25)24-12-9-17(10-13-24)21-18(23(26)27)11-14-28-21/h3-8,17-18,21H,2,9-14H2,1H3,(H,26,27)/t18?,21-/m0/s1. The van der Waals surface area contributed by atoms with E-state index >= 15 is 0 Å². The molecular weight excluding hydrogens is 370 g/mol. The Morgan fingerprint density at radius 2 is 1.79 bits per heavy atom. The number of likely N-dealkylation sites (tertiary alicyclic amines) is 1. The van der Waals surface area contributed by atoms with Crippen molar-refractivity contribution in [2.24, 2.45) is 11.8 Å². The van der Waals surface area contributed by atoms with Crippen molar-refractivity contribution in [3.8, 4) is 11.3 Å². The highest BCUT2D eigenvalue weighted by Crippen LogP contribution is 2.34. The van der Waals surface area contributed by atoms with Gasteiger partial charge in [0.25, 0.3) is 5.91 Å². The van der Waals surface area contributed by atoms with E-state index in [1.165, 1.54) is 5.56 Å². The van der Waals surface area contributed by atoms with Crippen LogP contribution < -0.4 is 0 Å². The molecule has 0 spiro atoms. The van der Waals surface area contributed by atoms with E-state index in [-0.39, 0.29) is 17.9 Å². The first-order chi connectivity index (χ1) is 14.1. The van der Waals surface area contributed by atoms with E-state index in [1.807, 2.05) is 18.2 Å². The van der Waals surface area contributed by atoms with Gasteiger partial charge in [0.15, 0.2) is 5.76 Å². The smallest absolute Gasteiger partial charge is 0.309 e. The minimum absolute atomic E-state index is 0.109. The first-order valence-corrected chi connectivity index (χ1v) is 10.4.